The van der Waals surface area contributed by atoms with Crippen LogP contribution in [0.15, 0.2) is 65.1 Å². The monoisotopic (exact) mass is 325 g/mol. The summed E-state index contributed by atoms with van der Waals surface area (Å²) in [6, 6.07) is 16.5. The molecule has 2 aromatic carbocycles. The summed E-state index contributed by atoms with van der Waals surface area (Å²) < 4.78 is 19.2. The molecule has 3 rings (SSSR count). The van der Waals surface area contributed by atoms with Gasteiger partial charge in [0.15, 0.2) is 5.76 Å². The van der Waals surface area contributed by atoms with Gasteiger partial charge in [0.1, 0.15) is 11.6 Å². The number of aliphatic hydroxyl groups is 1. The maximum absolute atomic E-state index is 13.8. The number of hydrogen-bond acceptors (Lipinski definition) is 3. The van der Waals surface area contributed by atoms with Gasteiger partial charge in [0.25, 0.3) is 5.91 Å². The van der Waals surface area contributed by atoms with Crippen molar-refractivity contribution in [3.05, 3.63) is 77.8 Å². The molecule has 0 bridgehead atoms. The van der Waals surface area contributed by atoms with Crippen LogP contribution >= 0.6 is 0 Å². The van der Waals surface area contributed by atoms with E-state index < -0.39 is 11.7 Å². The molecule has 24 heavy (non-hydrogen) atoms. The predicted octanol–water partition coefficient (Wildman–Crippen LogP) is 3.87. The maximum Gasteiger partial charge on any atom is 0.291 e. The van der Waals surface area contributed by atoms with E-state index in [1.807, 2.05) is 12.1 Å². The highest BCUT2D eigenvalue weighted by Gasteiger charge is 2.14. The molecule has 0 radical (unpaired) electrons. The number of nitrogens with one attached hydrogen (secondary N) is 1. The van der Waals surface area contributed by atoms with Crippen LogP contribution in [0.5, 0.6) is 0 Å². The lowest BCUT2D eigenvalue weighted by Gasteiger charge is -2.05. The Morgan fingerprint density at radius 2 is 1.79 bits per heavy atom. The second kappa shape index (κ2) is 7.10. The molecule has 0 fully saturated rings. The van der Waals surface area contributed by atoms with Gasteiger partial charge in [-0.3, -0.25) is 4.79 Å². The van der Waals surface area contributed by atoms with Crippen molar-refractivity contribution in [3.8, 4) is 11.3 Å². The molecular formula is C19H16FNO3. The van der Waals surface area contributed by atoms with Crippen molar-refractivity contribution in [3.63, 3.8) is 0 Å². The predicted molar refractivity (Wildman–Crippen MR) is 89.3 cm³/mol. The van der Waals surface area contributed by atoms with Crippen molar-refractivity contribution in [2.24, 2.45) is 0 Å². The van der Waals surface area contributed by atoms with Gasteiger partial charge < -0.3 is 14.8 Å². The van der Waals surface area contributed by atoms with Crippen molar-refractivity contribution >= 4 is 11.6 Å². The van der Waals surface area contributed by atoms with Crippen LogP contribution in [0.2, 0.25) is 0 Å². The van der Waals surface area contributed by atoms with Crippen LogP contribution in [-0.4, -0.2) is 17.6 Å². The molecule has 5 heteroatoms. The molecular weight excluding hydrogens is 309 g/mol. The van der Waals surface area contributed by atoms with E-state index in [1.54, 1.807) is 36.4 Å². The second-order valence-electron chi connectivity index (χ2n) is 5.27. The van der Waals surface area contributed by atoms with Gasteiger partial charge in [-0.25, -0.2) is 4.39 Å². The van der Waals surface area contributed by atoms with Gasteiger partial charge in [-0.15, -0.1) is 0 Å². The Balaban J connectivity index is 1.73. The standard InChI is InChI=1S/C19H16FNO3/c20-16-4-2-1-3-15(16)17-9-10-18(24-17)19(23)21-14-7-5-13(6-8-14)11-12-22/h1-10,22H,11-12H2,(H,21,23). The van der Waals surface area contributed by atoms with E-state index in [0.29, 0.717) is 23.4 Å². The summed E-state index contributed by atoms with van der Waals surface area (Å²) in [6.45, 7) is 0.0803. The number of furan rings is 1. The van der Waals surface area contributed by atoms with E-state index >= 15 is 0 Å². The summed E-state index contributed by atoms with van der Waals surface area (Å²) in [5.41, 5.74) is 1.91. The van der Waals surface area contributed by atoms with Crippen molar-refractivity contribution in [2.45, 2.75) is 6.42 Å². The van der Waals surface area contributed by atoms with E-state index in [-0.39, 0.29) is 12.4 Å². The molecule has 0 aliphatic rings. The Hall–Kier alpha value is -2.92. The first-order chi connectivity index (χ1) is 11.7. The quantitative estimate of drug-likeness (QED) is 0.748. The normalized spacial score (nSPS) is 10.6. The Morgan fingerprint density at radius 3 is 2.50 bits per heavy atom. The summed E-state index contributed by atoms with van der Waals surface area (Å²) in [4.78, 5) is 12.2. The van der Waals surface area contributed by atoms with Gasteiger partial charge in [0, 0.05) is 12.3 Å². The smallest absolute Gasteiger partial charge is 0.291 e. The Kier molecular flexibility index (Phi) is 4.72. The Morgan fingerprint density at radius 1 is 1.04 bits per heavy atom. The largest absolute Gasteiger partial charge is 0.451 e. The zero-order chi connectivity index (χ0) is 16.9. The molecule has 1 heterocycles. The molecule has 0 saturated heterocycles. The first-order valence-corrected chi connectivity index (χ1v) is 7.53. The summed E-state index contributed by atoms with van der Waals surface area (Å²) in [6.07, 6.45) is 0.568. The zero-order valence-electron chi connectivity index (χ0n) is 12.8. The molecule has 0 atom stereocenters. The first-order valence-electron chi connectivity index (χ1n) is 7.53. The summed E-state index contributed by atoms with van der Waals surface area (Å²) in [5.74, 6) is -0.407. The molecule has 0 aliphatic carbocycles. The van der Waals surface area contributed by atoms with Crippen molar-refractivity contribution in [2.75, 3.05) is 11.9 Å². The zero-order valence-corrected chi connectivity index (χ0v) is 12.8. The number of anilines is 1. The maximum atomic E-state index is 13.8. The SMILES string of the molecule is O=C(Nc1ccc(CCO)cc1)c1ccc(-c2ccccc2F)o1. The molecule has 3 aromatic rings. The van der Waals surface area contributed by atoms with Crippen LogP contribution in [0.4, 0.5) is 10.1 Å². The molecule has 0 saturated carbocycles. The molecule has 4 nitrogen and oxygen atoms in total. The fraction of sp³-hybridized carbons (Fsp3) is 0.105. The Bertz CT molecular complexity index is 840. The van der Waals surface area contributed by atoms with E-state index in [2.05, 4.69) is 5.32 Å². The fourth-order valence-electron chi connectivity index (χ4n) is 2.34. The van der Waals surface area contributed by atoms with Crippen LogP contribution in [0.25, 0.3) is 11.3 Å². The van der Waals surface area contributed by atoms with E-state index in [9.17, 15) is 9.18 Å². The number of carbonyl (C=O) groups is 1. The molecule has 1 amide bonds. The highest BCUT2D eigenvalue weighted by Crippen LogP contribution is 2.25. The topological polar surface area (TPSA) is 62.5 Å². The lowest BCUT2D eigenvalue weighted by atomic mass is 10.1. The minimum atomic E-state index is -0.410. The molecule has 2 N–H and O–H groups in total. The highest BCUT2D eigenvalue weighted by molar-refractivity contribution is 6.02. The van der Waals surface area contributed by atoms with Crippen LogP contribution in [0.3, 0.4) is 0 Å². The molecule has 0 unspecified atom stereocenters. The minimum absolute atomic E-state index is 0.0803. The van der Waals surface area contributed by atoms with Crippen LogP contribution in [0, 0.1) is 5.82 Å². The Labute approximate surface area is 138 Å². The number of halogens is 1. The van der Waals surface area contributed by atoms with Crippen molar-refractivity contribution in [1.29, 1.82) is 0 Å². The van der Waals surface area contributed by atoms with Gasteiger partial charge in [-0.05, 0) is 48.4 Å². The number of hydrogen-bond donors (Lipinski definition) is 2. The van der Waals surface area contributed by atoms with E-state index in [1.165, 1.54) is 12.1 Å². The number of rotatable bonds is 5. The number of carbonyl (C=O) groups excluding carboxylic acids is 1. The average molecular weight is 325 g/mol. The van der Waals surface area contributed by atoms with Crippen LogP contribution in [-0.2, 0) is 6.42 Å². The number of benzene rings is 2. The third-order valence-electron chi connectivity index (χ3n) is 3.58. The minimum Gasteiger partial charge on any atom is -0.451 e. The highest BCUT2D eigenvalue weighted by atomic mass is 19.1. The van der Waals surface area contributed by atoms with Gasteiger partial charge in [-0.2, -0.15) is 0 Å². The lowest BCUT2D eigenvalue weighted by Crippen LogP contribution is -2.10. The van der Waals surface area contributed by atoms with E-state index in [4.69, 9.17) is 9.52 Å². The molecule has 0 aliphatic heterocycles. The average Bonchev–Trinajstić information content (AvgIpc) is 3.07. The van der Waals surface area contributed by atoms with Crippen LogP contribution < -0.4 is 5.32 Å². The summed E-state index contributed by atoms with van der Waals surface area (Å²) in [5, 5.41) is 11.6. The number of amides is 1. The van der Waals surface area contributed by atoms with Crippen molar-refractivity contribution < 1.29 is 18.7 Å². The van der Waals surface area contributed by atoms with Gasteiger partial charge in [-0.1, -0.05) is 24.3 Å². The fourth-order valence-corrected chi connectivity index (χ4v) is 2.34. The molecule has 1 aromatic heterocycles. The van der Waals surface area contributed by atoms with Crippen LogP contribution in [0.1, 0.15) is 16.1 Å². The molecule has 122 valence electrons. The van der Waals surface area contributed by atoms with Gasteiger partial charge >= 0.3 is 0 Å². The molecule has 0 spiro atoms. The summed E-state index contributed by atoms with van der Waals surface area (Å²) in [7, 11) is 0. The first kappa shape index (κ1) is 16.0. The third kappa shape index (κ3) is 3.52. The number of aliphatic hydroxyl groups excluding tert-OH is 1. The van der Waals surface area contributed by atoms with Crippen molar-refractivity contribution in [1.82, 2.24) is 0 Å². The lowest BCUT2D eigenvalue weighted by molar-refractivity contribution is 0.0997. The van der Waals surface area contributed by atoms with E-state index in [0.717, 1.165) is 5.56 Å². The van der Waals surface area contributed by atoms with Gasteiger partial charge in [0.2, 0.25) is 0 Å². The summed E-state index contributed by atoms with van der Waals surface area (Å²) >= 11 is 0. The third-order valence-corrected chi connectivity index (χ3v) is 3.58. The second-order valence-corrected chi connectivity index (χ2v) is 5.27. The van der Waals surface area contributed by atoms with Gasteiger partial charge in [0.05, 0.1) is 5.56 Å².